The van der Waals surface area contributed by atoms with Crippen molar-refractivity contribution in [3.05, 3.63) is 41.3 Å². The molecule has 2 saturated heterocycles. The van der Waals surface area contributed by atoms with Gasteiger partial charge >= 0.3 is 0 Å². The normalized spacial score (nSPS) is 22.0. The quantitative estimate of drug-likeness (QED) is 0.745. The Bertz CT molecular complexity index is 1050. The molecule has 2 aliphatic rings. The van der Waals surface area contributed by atoms with Crippen LogP contribution in [-0.2, 0) is 10.0 Å². The van der Waals surface area contributed by atoms with Crippen LogP contribution in [0.5, 0.6) is 0 Å². The molecule has 2 aliphatic heterocycles. The zero-order valence-corrected chi connectivity index (χ0v) is 16.6. The molecule has 28 heavy (non-hydrogen) atoms. The van der Waals surface area contributed by atoms with E-state index in [2.05, 4.69) is 31.7 Å². The molecule has 2 aromatic heterocycles. The lowest BCUT2D eigenvalue weighted by molar-refractivity contribution is 0.331. The number of aryl methyl sites for hydroxylation is 1. The summed E-state index contributed by atoms with van der Waals surface area (Å²) in [5, 5.41) is 0. The maximum atomic E-state index is 12.0. The van der Waals surface area contributed by atoms with Gasteiger partial charge in [-0.2, -0.15) is 9.29 Å². The topological polar surface area (TPSA) is 105 Å². The van der Waals surface area contributed by atoms with Crippen molar-refractivity contribution in [2.45, 2.75) is 31.8 Å². The van der Waals surface area contributed by atoms with Gasteiger partial charge in [-0.15, -0.1) is 0 Å². The largest absolute Gasteiger partial charge is 0.368 e. The van der Waals surface area contributed by atoms with Crippen LogP contribution in [0, 0.1) is 18.8 Å². The number of nitrogen functional groups attached to an aromatic ring is 1. The Morgan fingerprint density at radius 2 is 1.89 bits per heavy atom. The first-order valence-corrected chi connectivity index (χ1v) is 11.0. The van der Waals surface area contributed by atoms with Crippen LogP contribution in [0.2, 0.25) is 0 Å². The molecule has 0 aliphatic carbocycles. The molecule has 0 amide bonds. The molecule has 2 aromatic rings. The van der Waals surface area contributed by atoms with Crippen LogP contribution in [0.15, 0.2) is 24.5 Å². The standard InChI is InChI=1S/C19H22N6O2S/c1-13-17(8-5-14-4-3-9-21-10-14)18(23-19(20)22-13)25-15-6-7-16(25)12-24(11-15)28(2,26)27/h3-4,9-10,15-16H,6-7,11-12H2,1-2H3,(H2,20,22,23). The highest BCUT2D eigenvalue weighted by atomic mass is 32.2. The van der Waals surface area contributed by atoms with Crippen molar-refractivity contribution in [1.29, 1.82) is 0 Å². The van der Waals surface area contributed by atoms with Crippen LogP contribution >= 0.6 is 0 Å². The van der Waals surface area contributed by atoms with E-state index in [-0.39, 0.29) is 18.0 Å². The lowest BCUT2D eigenvalue weighted by atomic mass is 10.1. The number of piperazine rings is 1. The molecular formula is C19H22N6O2S. The Morgan fingerprint density at radius 3 is 2.50 bits per heavy atom. The minimum Gasteiger partial charge on any atom is -0.368 e. The zero-order valence-electron chi connectivity index (χ0n) is 15.8. The van der Waals surface area contributed by atoms with Crippen molar-refractivity contribution in [3.63, 3.8) is 0 Å². The number of rotatable bonds is 2. The van der Waals surface area contributed by atoms with E-state index in [0.717, 1.165) is 24.0 Å². The van der Waals surface area contributed by atoms with Crippen molar-refractivity contribution in [2.24, 2.45) is 0 Å². The average Bonchev–Trinajstić information content (AvgIpc) is 2.89. The number of hydrogen-bond donors (Lipinski definition) is 1. The molecule has 4 rings (SSSR count). The number of nitrogens with two attached hydrogens (primary N) is 1. The van der Waals surface area contributed by atoms with Crippen LogP contribution in [0.4, 0.5) is 11.8 Å². The van der Waals surface area contributed by atoms with Gasteiger partial charge in [0.1, 0.15) is 0 Å². The van der Waals surface area contributed by atoms with E-state index in [1.54, 1.807) is 16.7 Å². The first-order chi connectivity index (χ1) is 13.3. The molecule has 0 spiro atoms. The van der Waals surface area contributed by atoms with E-state index >= 15 is 0 Å². The van der Waals surface area contributed by atoms with Crippen molar-refractivity contribution in [1.82, 2.24) is 19.3 Å². The average molecular weight is 398 g/mol. The van der Waals surface area contributed by atoms with Gasteiger partial charge in [0.15, 0.2) is 5.82 Å². The summed E-state index contributed by atoms with van der Waals surface area (Å²) in [6.07, 6.45) is 6.49. The minimum atomic E-state index is -3.22. The Kier molecular flexibility index (Phi) is 4.69. The molecule has 8 nitrogen and oxygen atoms in total. The Hall–Kier alpha value is -2.70. The van der Waals surface area contributed by atoms with Crippen molar-refractivity contribution in [3.8, 4) is 11.8 Å². The third-order valence-corrected chi connectivity index (χ3v) is 6.48. The van der Waals surface area contributed by atoms with Crippen LogP contribution in [0.1, 0.15) is 29.7 Å². The number of nitrogens with zero attached hydrogens (tertiary/aromatic N) is 5. The molecule has 2 bridgehead atoms. The van der Waals surface area contributed by atoms with Gasteiger partial charge in [0, 0.05) is 43.1 Å². The number of fused-ring (bicyclic) bond motifs is 2. The molecule has 0 radical (unpaired) electrons. The van der Waals surface area contributed by atoms with E-state index < -0.39 is 10.0 Å². The molecule has 2 N–H and O–H groups in total. The summed E-state index contributed by atoms with van der Waals surface area (Å²) in [6.45, 7) is 2.77. The van der Waals surface area contributed by atoms with E-state index in [9.17, 15) is 8.42 Å². The maximum Gasteiger partial charge on any atom is 0.222 e. The molecule has 146 valence electrons. The fourth-order valence-corrected chi connectivity index (χ4v) is 4.85. The molecule has 2 unspecified atom stereocenters. The van der Waals surface area contributed by atoms with E-state index in [0.29, 0.717) is 24.6 Å². The summed E-state index contributed by atoms with van der Waals surface area (Å²) >= 11 is 0. The predicted molar refractivity (Wildman–Crippen MR) is 107 cm³/mol. The second-order valence-corrected chi connectivity index (χ2v) is 9.21. The third-order valence-electron chi connectivity index (χ3n) is 5.24. The molecular weight excluding hydrogens is 376 g/mol. The SMILES string of the molecule is Cc1nc(N)nc(N2C3CCC2CN(S(C)(=O)=O)C3)c1C#Cc1cccnc1. The monoisotopic (exact) mass is 398 g/mol. The van der Waals surface area contributed by atoms with Gasteiger partial charge in [0.2, 0.25) is 16.0 Å². The first kappa shape index (κ1) is 18.7. The van der Waals surface area contributed by atoms with Gasteiger partial charge in [0.05, 0.1) is 17.5 Å². The minimum absolute atomic E-state index is 0.0566. The Labute approximate surface area is 164 Å². The highest BCUT2D eigenvalue weighted by Crippen LogP contribution is 2.37. The predicted octanol–water partition coefficient (Wildman–Crippen LogP) is 0.775. The molecule has 0 saturated carbocycles. The lowest BCUT2D eigenvalue weighted by Crippen LogP contribution is -2.55. The van der Waals surface area contributed by atoms with E-state index in [4.69, 9.17) is 5.73 Å². The molecule has 9 heteroatoms. The molecule has 0 aromatic carbocycles. The van der Waals surface area contributed by atoms with Crippen molar-refractivity contribution >= 4 is 21.8 Å². The molecule has 2 fully saturated rings. The fraction of sp³-hybridized carbons (Fsp3) is 0.421. The summed E-state index contributed by atoms with van der Waals surface area (Å²) in [5.74, 6) is 7.20. The summed E-state index contributed by atoms with van der Waals surface area (Å²) in [4.78, 5) is 15.1. The summed E-state index contributed by atoms with van der Waals surface area (Å²) in [7, 11) is -3.22. The maximum absolute atomic E-state index is 12.0. The van der Waals surface area contributed by atoms with Gasteiger partial charge in [-0.25, -0.2) is 13.4 Å². The van der Waals surface area contributed by atoms with E-state index in [1.807, 2.05) is 19.1 Å². The lowest BCUT2D eigenvalue weighted by Gasteiger charge is -2.41. The fourth-order valence-electron chi connectivity index (χ4n) is 3.96. The number of anilines is 2. The second kappa shape index (κ2) is 7.04. The van der Waals surface area contributed by atoms with Gasteiger partial charge in [0.25, 0.3) is 0 Å². The van der Waals surface area contributed by atoms with Crippen molar-refractivity contribution in [2.75, 3.05) is 30.0 Å². The Balaban J connectivity index is 1.74. The molecule has 2 atom stereocenters. The highest BCUT2D eigenvalue weighted by Gasteiger charge is 2.44. The second-order valence-electron chi connectivity index (χ2n) is 7.23. The number of sulfonamides is 1. The summed E-state index contributed by atoms with van der Waals surface area (Å²) in [6, 6.07) is 3.84. The van der Waals surface area contributed by atoms with Gasteiger partial charge < -0.3 is 10.6 Å². The number of pyridine rings is 1. The Morgan fingerprint density at radius 1 is 1.18 bits per heavy atom. The highest BCUT2D eigenvalue weighted by molar-refractivity contribution is 7.88. The summed E-state index contributed by atoms with van der Waals surface area (Å²) in [5.41, 5.74) is 8.17. The zero-order chi connectivity index (χ0) is 19.9. The van der Waals surface area contributed by atoms with Crippen LogP contribution < -0.4 is 10.6 Å². The molecule has 4 heterocycles. The van der Waals surface area contributed by atoms with Gasteiger partial charge in [-0.1, -0.05) is 11.8 Å². The smallest absolute Gasteiger partial charge is 0.222 e. The van der Waals surface area contributed by atoms with E-state index in [1.165, 1.54) is 6.26 Å². The third kappa shape index (κ3) is 3.53. The van der Waals surface area contributed by atoms with Crippen LogP contribution in [0.25, 0.3) is 0 Å². The summed E-state index contributed by atoms with van der Waals surface area (Å²) < 4.78 is 25.6. The first-order valence-electron chi connectivity index (χ1n) is 9.12. The van der Waals surface area contributed by atoms with Crippen LogP contribution in [0.3, 0.4) is 0 Å². The van der Waals surface area contributed by atoms with Crippen molar-refractivity contribution < 1.29 is 8.42 Å². The van der Waals surface area contributed by atoms with Crippen LogP contribution in [-0.4, -0.2) is 59.1 Å². The van der Waals surface area contributed by atoms with Gasteiger partial charge in [-0.3, -0.25) is 4.98 Å². The number of aromatic nitrogens is 3. The van der Waals surface area contributed by atoms with Gasteiger partial charge in [-0.05, 0) is 31.9 Å². The number of hydrogen-bond acceptors (Lipinski definition) is 7.